The van der Waals surface area contributed by atoms with Crippen LogP contribution in [-0.2, 0) is 23.9 Å². The van der Waals surface area contributed by atoms with E-state index in [1.165, 1.54) is 12.1 Å². The molecular formula is C22H16F7N3O4S. The number of halogens is 7. The second-order valence-corrected chi connectivity index (χ2v) is 8.49. The fourth-order valence-corrected chi connectivity index (χ4v) is 4.03. The van der Waals surface area contributed by atoms with Crippen LogP contribution in [0.25, 0.3) is 0 Å². The molecule has 0 aliphatic carbocycles. The number of thiazole rings is 1. The van der Waals surface area contributed by atoms with Gasteiger partial charge in [-0.25, -0.2) is 9.37 Å². The topological polar surface area (TPSA) is 104 Å². The number of primary amides is 1. The summed E-state index contributed by atoms with van der Waals surface area (Å²) in [5.74, 6) is -3.39. The number of rotatable bonds is 9. The highest BCUT2D eigenvalue weighted by atomic mass is 32.1. The second-order valence-electron chi connectivity index (χ2n) is 7.32. The third-order valence-corrected chi connectivity index (χ3v) is 5.60. The number of amides is 2. The molecule has 1 aromatic heterocycles. The fourth-order valence-electron chi connectivity index (χ4n) is 2.99. The van der Waals surface area contributed by atoms with Gasteiger partial charge in [0.05, 0.1) is 12.1 Å². The first-order valence-corrected chi connectivity index (χ1v) is 10.9. The fraction of sp³-hybridized carbons (Fsp3) is 0.227. The molecule has 3 rings (SSSR count). The summed E-state index contributed by atoms with van der Waals surface area (Å²) in [6.07, 6.45) is -9.95. The Morgan fingerprint density at radius 2 is 1.65 bits per heavy atom. The van der Waals surface area contributed by atoms with Crippen molar-refractivity contribution in [2.24, 2.45) is 5.73 Å². The highest BCUT2D eigenvalue weighted by molar-refractivity contribution is 7.12. The molecule has 0 bridgehead atoms. The predicted molar refractivity (Wildman–Crippen MR) is 115 cm³/mol. The van der Waals surface area contributed by atoms with E-state index in [9.17, 15) is 40.3 Å². The van der Waals surface area contributed by atoms with Gasteiger partial charge in [0.2, 0.25) is 0 Å². The summed E-state index contributed by atoms with van der Waals surface area (Å²) in [7, 11) is 0. The summed E-state index contributed by atoms with van der Waals surface area (Å²) in [6.45, 7) is -0.682. The Morgan fingerprint density at radius 1 is 1.00 bits per heavy atom. The molecule has 1 heterocycles. The molecule has 0 spiro atoms. The van der Waals surface area contributed by atoms with Crippen LogP contribution < -0.4 is 20.5 Å². The quantitative estimate of drug-likeness (QED) is 0.379. The standard InChI is InChI=1S/C22H16F7N3O4S/c23-15-6-1-11(7-14(15)21(24,25)26)8-16-19(20(30)34)32-18(37-16)9-31-17(33)10-35-12-2-4-13(5-3-12)36-22(27,28)29/h1-7H,8-10H2,(H2,30,34)(H,31,33). The Balaban J connectivity index is 1.60. The molecule has 2 aromatic carbocycles. The van der Waals surface area contributed by atoms with Crippen molar-refractivity contribution < 1.29 is 49.8 Å². The minimum absolute atomic E-state index is 0.0653. The molecule has 0 radical (unpaired) electrons. The average molecular weight is 551 g/mol. The normalized spacial score (nSPS) is 11.8. The van der Waals surface area contributed by atoms with Crippen molar-refractivity contribution >= 4 is 23.2 Å². The lowest BCUT2D eigenvalue weighted by Crippen LogP contribution is -2.28. The van der Waals surface area contributed by atoms with Crippen LogP contribution in [0.2, 0.25) is 0 Å². The van der Waals surface area contributed by atoms with Crippen LogP contribution >= 0.6 is 11.3 Å². The third kappa shape index (κ3) is 8.06. The summed E-state index contributed by atoms with van der Waals surface area (Å²) < 4.78 is 97.9. The Labute approximate surface area is 208 Å². The molecule has 0 unspecified atom stereocenters. The van der Waals surface area contributed by atoms with Gasteiger partial charge in [0.1, 0.15) is 28.0 Å². The number of hydrogen-bond acceptors (Lipinski definition) is 6. The van der Waals surface area contributed by atoms with E-state index in [0.717, 1.165) is 29.5 Å². The number of hydrogen-bond donors (Lipinski definition) is 2. The lowest BCUT2D eigenvalue weighted by molar-refractivity contribution is -0.274. The van der Waals surface area contributed by atoms with Crippen molar-refractivity contribution in [2.45, 2.75) is 25.5 Å². The van der Waals surface area contributed by atoms with Crippen LogP contribution in [0.5, 0.6) is 11.5 Å². The van der Waals surface area contributed by atoms with E-state index in [4.69, 9.17) is 10.5 Å². The minimum Gasteiger partial charge on any atom is -0.484 e. The highest BCUT2D eigenvalue weighted by Crippen LogP contribution is 2.33. The zero-order valence-corrected chi connectivity index (χ0v) is 19.2. The van der Waals surface area contributed by atoms with Gasteiger partial charge in [0, 0.05) is 11.3 Å². The number of alkyl halides is 6. The van der Waals surface area contributed by atoms with Crippen molar-refractivity contribution in [1.82, 2.24) is 10.3 Å². The SMILES string of the molecule is NC(=O)c1nc(CNC(=O)COc2ccc(OC(F)(F)F)cc2)sc1Cc1ccc(F)c(C(F)(F)F)c1. The second kappa shape index (κ2) is 11.0. The summed E-state index contributed by atoms with van der Waals surface area (Å²) >= 11 is 0.914. The Kier molecular flexibility index (Phi) is 8.25. The lowest BCUT2D eigenvalue weighted by atomic mass is 10.1. The Morgan fingerprint density at radius 3 is 2.24 bits per heavy atom. The molecule has 0 saturated carbocycles. The predicted octanol–water partition coefficient (Wildman–Crippen LogP) is 4.58. The number of nitrogens with two attached hydrogens (primary N) is 1. The van der Waals surface area contributed by atoms with Crippen LogP contribution in [0.15, 0.2) is 42.5 Å². The van der Waals surface area contributed by atoms with Gasteiger partial charge in [-0.2, -0.15) is 13.2 Å². The van der Waals surface area contributed by atoms with Crippen LogP contribution in [-0.4, -0.2) is 29.8 Å². The maximum Gasteiger partial charge on any atom is 0.573 e. The number of nitrogens with one attached hydrogen (secondary N) is 1. The smallest absolute Gasteiger partial charge is 0.484 e. The molecule has 0 aliphatic heterocycles. The number of benzene rings is 2. The van der Waals surface area contributed by atoms with Gasteiger partial charge >= 0.3 is 12.5 Å². The molecule has 3 aromatic rings. The molecule has 3 N–H and O–H groups in total. The summed E-state index contributed by atoms with van der Waals surface area (Å²) in [5.41, 5.74) is 3.71. The van der Waals surface area contributed by atoms with E-state index in [2.05, 4.69) is 15.0 Å². The summed E-state index contributed by atoms with van der Waals surface area (Å²) in [5, 5.41) is 2.66. The van der Waals surface area contributed by atoms with Crippen LogP contribution in [0.1, 0.15) is 31.5 Å². The number of aromatic nitrogens is 1. The van der Waals surface area contributed by atoms with E-state index in [1.807, 2.05) is 0 Å². The van der Waals surface area contributed by atoms with Crippen molar-refractivity contribution in [3.63, 3.8) is 0 Å². The summed E-state index contributed by atoms with van der Waals surface area (Å²) in [4.78, 5) is 28.0. The monoisotopic (exact) mass is 551 g/mol. The molecule has 198 valence electrons. The zero-order chi connectivity index (χ0) is 27.4. The molecule has 0 saturated heterocycles. The summed E-state index contributed by atoms with van der Waals surface area (Å²) in [6, 6.07) is 6.77. The van der Waals surface area contributed by atoms with Gasteiger partial charge in [-0.05, 0) is 42.0 Å². The Bertz CT molecular complexity index is 1270. The van der Waals surface area contributed by atoms with Gasteiger partial charge in [-0.1, -0.05) is 6.07 Å². The van der Waals surface area contributed by atoms with Crippen molar-refractivity contribution in [2.75, 3.05) is 6.61 Å². The molecular weight excluding hydrogens is 535 g/mol. The van der Waals surface area contributed by atoms with Crippen LogP contribution in [0.4, 0.5) is 30.7 Å². The minimum atomic E-state index is -4.91. The molecule has 7 nitrogen and oxygen atoms in total. The third-order valence-electron chi connectivity index (χ3n) is 4.54. The lowest BCUT2D eigenvalue weighted by Gasteiger charge is -2.10. The number of nitrogens with zero attached hydrogens (tertiary/aromatic N) is 1. The van der Waals surface area contributed by atoms with Crippen molar-refractivity contribution in [1.29, 1.82) is 0 Å². The van der Waals surface area contributed by atoms with Gasteiger partial charge in [0.15, 0.2) is 6.61 Å². The van der Waals surface area contributed by atoms with Gasteiger partial charge in [0.25, 0.3) is 11.8 Å². The molecule has 37 heavy (non-hydrogen) atoms. The molecule has 0 fully saturated rings. The average Bonchev–Trinajstić information content (AvgIpc) is 3.19. The van der Waals surface area contributed by atoms with Gasteiger partial charge < -0.3 is 20.5 Å². The molecule has 0 aliphatic rings. The van der Waals surface area contributed by atoms with E-state index in [-0.39, 0.29) is 39.9 Å². The Hall–Kier alpha value is -3.88. The van der Waals surface area contributed by atoms with Gasteiger partial charge in [-0.15, -0.1) is 24.5 Å². The van der Waals surface area contributed by atoms with Crippen molar-refractivity contribution in [3.8, 4) is 11.5 Å². The zero-order valence-electron chi connectivity index (χ0n) is 18.4. The molecule has 0 atom stereocenters. The molecule has 2 amide bonds. The molecule has 15 heteroatoms. The van der Waals surface area contributed by atoms with Crippen molar-refractivity contribution in [3.05, 3.63) is 75.0 Å². The maximum atomic E-state index is 13.5. The van der Waals surface area contributed by atoms with E-state index in [0.29, 0.717) is 12.1 Å². The van der Waals surface area contributed by atoms with Crippen LogP contribution in [0, 0.1) is 5.82 Å². The van der Waals surface area contributed by atoms with Gasteiger partial charge in [-0.3, -0.25) is 9.59 Å². The number of carbonyl (C=O) groups is 2. The van der Waals surface area contributed by atoms with E-state index >= 15 is 0 Å². The number of carbonyl (C=O) groups excluding carboxylic acids is 2. The highest BCUT2D eigenvalue weighted by Gasteiger charge is 2.34. The first-order valence-electron chi connectivity index (χ1n) is 10.1. The van der Waals surface area contributed by atoms with E-state index in [1.54, 1.807) is 0 Å². The first-order chi connectivity index (χ1) is 17.2. The largest absolute Gasteiger partial charge is 0.573 e. The van der Waals surface area contributed by atoms with Crippen LogP contribution in [0.3, 0.4) is 0 Å². The maximum absolute atomic E-state index is 13.5. The van der Waals surface area contributed by atoms with E-state index < -0.39 is 48.1 Å². The first kappa shape index (κ1) is 27.7. The number of ether oxygens (including phenoxy) is 2.